The lowest BCUT2D eigenvalue weighted by atomic mass is 10.2. The number of amides is 1. The van der Waals surface area contributed by atoms with Gasteiger partial charge in [-0.2, -0.15) is 0 Å². The van der Waals surface area contributed by atoms with Gasteiger partial charge in [-0.15, -0.1) is 0 Å². The quantitative estimate of drug-likeness (QED) is 0.845. The summed E-state index contributed by atoms with van der Waals surface area (Å²) < 4.78 is 15.4. The van der Waals surface area contributed by atoms with Crippen LogP contribution in [-0.2, 0) is 14.2 Å². The van der Waals surface area contributed by atoms with Crippen LogP contribution in [0.4, 0.5) is 10.5 Å². The maximum atomic E-state index is 11.2. The van der Waals surface area contributed by atoms with Crippen molar-refractivity contribution in [3.05, 3.63) is 29.8 Å². The maximum absolute atomic E-state index is 11.2. The molecule has 1 aromatic rings. The molecule has 1 aliphatic rings. The first kappa shape index (κ1) is 12.8. The van der Waals surface area contributed by atoms with E-state index < -0.39 is 6.09 Å². The van der Waals surface area contributed by atoms with Crippen LogP contribution in [-0.4, -0.2) is 37.6 Å². The fraction of sp³-hybridized carbons (Fsp3) is 0.417. The van der Waals surface area contributed by atoms with Crippen LogP contribution in [0.15, 0.2) is 24.3 Å². The molecule has 1 amide bonds. The molecule has 2 N–H and O–H groups in total. The van der Waals surface area contributed by atoms with E-state index in [-0.39, 0.29) is 19.5 Å². The average Bonchev–Trinajstić information content (AvgIpc) is 2.91. The summed E-state index contributed by atoms with van der Waals surface area (Å²) in [5.74, 6) is 0. The van der Waals surface area contributed by atoms with Gasteiger partial charge in [0.2, 0.25) is 0 Å². The fourth-order valence-electron chi connectivity index (χ4n) is 1.57. The molecular weight excluding hydrogens is 238 g/mol. The number of nitrogens with one attached hydrogen (secondary N) is 1. The number of rotatable bonds is 4. The molecule has 6 nitrogen and oxygen atoms in total. The Labute approximate surface area is 104 Å². The molecule has 0 radical (unpaired) electrons. The largest absolute Gasteiger partial charge is 0.447 e. The standard InChI is InChI=1S/C12H15NO5/c14-5-6-18-12(15)13-10-3-1-9(2-4-10)11-16-7-8-17-11/h1-4,11,14H,5-8H2,(H,13,15). The Kier molecular flexibility index (Phi) is 4.52. The van der Waals surface area contributed by atoms with Crippen LogP contribution in [0.3, 0.4) is 0 Å². The zero-order valence-electron chi connectivity index (χ0n) is 9.80. The van der Waals surface area contributed by atoms with E-state index >= 15 is 0 Å². The molecule has 1 saturated heterocycles. The number of ether oxygens (including phenoxy) is 3. The van der Waals surface area contributed by atoms with Crippen LogP contribution in [0.1, 0.15) is 11.9 Å². The Hall–Kier alpha value is -1.63. The molecule has 6 heteroatoms. The van der Waals surface area contributed by atoms with E-state index in [0.29, 0.717) is 18.9 Å². The average molecular weight is 253 g/mol. The molecule has 0 aromatic heterocycles. The van der Waals surface area contributed by atoms with Crippen molar-refractivity contribution in [2.24, 2.45) is 0 Å². The first-order valence-corrected chi connectivity index (χ1v) is 5.67. The van der Waals surface area contributed by atoms with Crippen molar-refractivity contribution in [1.82, 2.24) is 0 Å². The highest BCUT2D eigenvalue weighted by Crippen LogP contribution is 2.24. The molecule has 1 heterocycles. The number of aliphatic hydroxyl groups excluding tert-OH is 1. The molecule has 0 atom stereocenters. The van der Waals surface area contributed by atoms with Gasteiger partial charge in [-0.25, -0.2) is 4.79 Å². The van der Waals surface area contributed by atoms with Gasteiger partial charge in [0, 0.05) is 11.3 Å². The Morgan fingerprint density at radius 2 is 2.00 bits per heavy atom. The van der Waals surface area contributed by atoms with E-state index in [1.54, 1.807) is 12.1 Å². The third-order valence-electron chi connectivity index (χ3n) is 2.38. The second-order valence-corrected chi connectivity index (χ2v) is 3.68. The number of hydrogen-bond donors (Lipinski definition) is 2. The number of anilines is 1. The molecule has 18 heavy (non-hydrogen) atoms. The van der Waals surface area contributed by atoms with Gasteiger partial charge >= 0.3 is 6.09 Å². The van der Waals surface area contributed by atoms with Crippen molar-refractivity contribution in [3.8, 4) is 0 Å². The Morgan fingerprint density at radius 3 is 2.61 bits per heavy atom. The molecule has 0 aliphatic carbocycles. The number of carbonyl (C=O) groups is 1. The van der Waals surface area contributed by atoms with Gasteiger partial charge < -0.3 is 19.3 Å². The van der Waals surface area contributed by atoms with E-state index in [1.807, 2.05) is 12.1 Å². The monoisotopic (exact) mass is 253 g/mol. The molecule has 0 spiro atoms. The van der Waals surface area contributed by atoms with E-state index in [4.69, 9.17) is 14.6 Å². The van der Waals surface area contributed by atoms with Gasteiger partial charge in [-0.3, -0.25) is 5.32 Å². The third kappa shape index (κ3) is 3.43. The summed E-state index contributed by atoms with van der Waals surface area (Å²) in [6, 6.07) is 7.11. The van der Waals surface area contributed by atoms with Gasteiger partial charge in [-0.1, -0.05) is 12.1 Å². The lowest BCUT2D eigenvalue weighted by molar-refractivity contribution is -0.0441. The van der Waals surface area contributed by atoms with E-state index in [0.717, 1.165) is 5.56 Å². The summed E-state index contributed by atoms with van der Waals surface area (Å²) in [5, 5.41) is 11.0. The Bertz CT molecular complexity index is 386. The van der Waals surface area contributed by atoms with Crippen LogP contribution >= 0.6 is 0 Å². The summed E-state index contributed by atoms with van der Waals surface area (Å²) in [7, 11) is 0. The molecule has 2 rings (SSSR count). The lowest BCUT2D eigenvalue weighted by Gasteiger charge is -2.10. The zero-order valence-corrected chi connectivity index (χ0v) is 9.80. The Morgan fingerprint density at radius 1 is 1.33 bits per heavy atom. The van der Waals surface area contributed by atoms with Crippen LogP contribution in [0.2, 0.25) is 0 Å². The normalized spacial score (nSPS) is 15.6. The molecule has 0 bridgehead atoms. The molecule has 1 aromatic carbocycles. The maximum Gasteiger partial charge on any atom is 0.411 e. The van der Waals surface area contributed by atoms with Crippen molar-refractivity contribution in [2.75, 3.05) is 31.7 Å². The minimum absolute atomic E-state index is 0.0202. The predicted octanol–water partition coefficient (Wildman–Crippen LogP) is 1.27. The number of carbonyl (C=O) groups excluding carboxylic acids is 1. The minimum atomic E-state index is -0.592. The summed E-state index contributed by atoms with van der Waals surface area (Å²) in [6.07, 6.45) is -0.912. The second kappa shape index (κ2) is 6.34. The van der Waals surface area contributed by atoms with E-state index in [2.05, 4.69) is 10.1 Å². The fourth-order valence-corrected chi connectivity index (χ4v) is 1.57. The van der Waals surface area contributed by atoms with Gasteiger partial charge in [-0.05, 0) is 12.1 Å². The minimum Gasteiger partial charge on any atom is -0.447 e. The highest BCUT2D eigenvalue weighted by Gasteiger charge is 2.17. The van der Waals surface area contributed by atoms with Gasteiger partial charge in [0.05, 0.1) is 19.8 Å². The lowest BCUT2D eigenvalue weighted by Crippen LogP contribution is -2.15. The van der Waals surface area contributed by atoms with Gasteiger partial charge in [0.1, 0.15) is 6.61 Å². The van der Waals surface area contributed by atoms with Crippen molar-refractivity contribution < 1.29 is 24.1 Å². The SMILES string of the molecule is O=C(Nc1ccc(C2OCCO2)cc1)OCCO. The van der Waals surface area contributed by atoms with Gasteiger partial charge in [0.15, 0.2) is 6.29 Å². The van der Waals surface area contributed by atoms with E-state index in [9.17, 15) is 4.79 Å². The number of aliphatic hydroxyl groups is 1. The van der Waals surface area contributed by atoms with Crippen LogP contribution in [0, 0.1) is 0 Å². The van der Waals surface area contributed by atoms with Crippen molar-refractivity contribution in [3.63, 3.8) is 0 Å². The Balaban J connectivity index is 1.88. The van der Waals surface area contributed by atoms with Crippen LogP contribution in [0.5, 0.6) is 0 Å². The highest BCUT2D eigenvalue weighted by molar-refractivity contribution is 5.84. The second-order valence-electron chi connectivity index (χ2n) is 3.68. The molecule has 1 aliphatic heterocycles. The molecular formula is C12H15NO5. The van der Waals surface area contributed by atoms with Crippen LogP contribution < -0.4 is 5.32 Å². The highest BCUT2D eigenvalue weighted by atomic mass is 16.7. The third-order valence-corrected chi connectivity index (χ3v) is 2.38. The van der Waals surface area contributed by atoms with Crippen molar-refractivity contribution in [2.45, 2.75) is 6.29 Å². The first-order chi connectivity index (χ1) is 8.79. The molecule has 0 unspecified atom stereocenters. The van der Waals surface area contributed by atoms with Crippen molar-refractivity contribution >= 4 is 11.8 Å². The smallest absolute Gasteiger partial charge is 0.411 e. The van der Waals surface area contributed by atoms with Gasteiger partial charge in [0.25, 0.3) is 0 Å². The predicted molar refractivity (Wildman–Crippen MR) is 63.1 cm³/mol. The summed E-state index contributed by atoms with van der Waals surface area (Å²) in [4.78, 5) is 11.2. The first-order valence-electron chi connectivity index (χ1n) is 5.67. The molecule has 98 valence electrons. The zero-order chi connectivity index (χ0) is 12.8. The summed E-state index contributed by atoms with van der Waals surface area (Å²) in [6.45, 7) is 0.979. The van der Waals surface area contributed by atoms with E-state index in [1.165, 1.54) is 0 Å². The van der Waals surface area contributed by atoms with Crippen LogP contribution in [0.25, 0.3) is 0 Å². The molecule has 0 saturated carbocycles. The number of hydrogen-bond acceptors (Lipinski definition) is 5. The summed E-state index contributed by atoms with van der Waals surface area (Å²) >= 11 is 0. The topological polar surface area (TPSA) is 77.0 Å². The molecule has 1 fully saturated rings. The van der Waals surface area contributed by atoms with Crippen molar-refractivity contribution in [1.29, 1.82) is 0 Å². The summed E-state index contributed by atoms with van der Waals surface area (Å²) in [5.41, 5.74) is 1.52. The number of benzene rings is 1.